The second kappa shape index (κ2) is 22.7. The summed E-state index contributed by atoms with van der Waals surface area (Å²) in [4.78, 5) is 107. The summed E-state index contributed by atoms with van der Waals surface area (Å²) in [5.74, 6) is -4.89. The number of nitrogens with two attached hydrogens (primary N) is 2. The number of fused-ring (bicyclic) bond motifs is 1. The molecular weight excluding hydrogens is 769 g/mol. The van der Waals surface area contributed by atoms with E-state index in [4.69, 9.17) is 11.5 Å². The first-order valence-corrected chi connectivity index (χ1v) is 20.1. The maximum Gasteiger partial charge on any atom is 0.243 e. The van der Waals surface area contributed by atoms with Gasteiger partial charge in [-0.3, -0.25) is 38.4 Å². The van der Waals surface area contributed by atoms with Crippen molar-refractivity contribution in [3.8, 4) is 0 Å². The Morgan fingerprint density at radius 1 is 0.603 bits per heavy atom. The van der Waals surface area contributed by atoms with Crippen molar-refractivity contribution in [1.29, 1.82) is 0 Å². The molecule has 1 aromatic heterocycles. The Hall–Kier alpha value is -5.95. The van der Waals surface area contributed by atoms with Gasteiger partial charge in [0.1, 0.15) is 42.3 Å². The first kappa shape index (κ1) is 46.4. The molecule has 0 fully saturated rings. The summed E-state index contributed by atoms with van der Waals surface area (Å²) in [6, 6.07) is 8.45. The van der Waals surface area contributed by atoms with E-state index in [1.165, 1.54) is 39.5 Å². The molecule has 0 aliphatic carbocycles. The second-order valence-corrected chi connectivity index (χ2v) is 14.8. The van der Waals surface area contributed by atoms with Gasteiger partial charge in [0, 0.05) is 29.9 Å². The van der Waals surface area contributed by atoms with Gasteiger partial charge in [0.15, 0.2) is 0 Å². The van der Waals surface area contributed by atoms with Gasteiger partial charge in [-0.05, 0) is 63.3 Å². The fourth-order valence-electron chi connectivity index (χ4n) is 5.69. The Balaban J connectivity index is 1.73. The zero-order valence-electron chi connectivity index (χ0n) is 33.2. The lowest BCUT2D eigenvalue weighted by molar-refractivity contribution is -0.135. The maximum absolute atomic E-state index is 14.0. The third kappa shape index (κ3) is 14.2. The predicted octanol–water partition coefficient (Wildman–Crippen LogP) is -1.38. The number of amides is 8. The normalized spacial score (nSPS) is 14.6. The molecule has 12 N–H and O–H groups in total. The SMILES string of the molecule is CSCC[C@H](NC(=O)CN)C(=O)N[C@@H](C)C(=O)N[C@H](C)C(=O)N[C@@H](C)C(=O)N[C@@H](Cc1c[nH]c2ccccc12)C(=O)N[C@H](Cc1ccccc1)C(=O)N[C@@H](C)C(N)=O. The summed E-state index contributed by atoms with van der Waals surface area (Å²) in [6.07, 6.45) is 3.90. The minimum absolute atomic E-state index is 0.0102. The zero-order chi connectivity index (χ0) is 42.9. The minimum Gasteiger partial charge on any atom is -0.368 e. The zero-order valence-corrected chi connectivity index (χ0v) is 34.0. The molecule has 8 amide bonds. The molecule has 3 rings (SSSR count). The summed E-state index contributed by atoms with van der Waals surface area (Å²) in [7, 11) is 0. The highest BCUT2D eigenvalue weighted by molar-refractivity contribution is 7.98. The number of H-pyrrole nitrogens is 1. The molecule has 0 aliphatic heterocycles. The molecule has 3 aromatic rings. The monoisotopic (exact) mass is 822 g/mol. The minimum atomic E-state index is -1.25. The third-order valence-corrected chi connectivity index (χ3v) is 9.78. The quantitative estimate of drug-likeness (QED) is 0.0567. The van der Waals surface area contributed by atoms with E-state index >= 15 is 0 Å². The Morgan fingerprint density at radius 3 is 1.67 bits per heavy atom. The van der Waals surface area contributed by atoms with Gasteiger partial charge in [0.2, 0.25) is 47.3 Å². The number of hydrogen-bond donors (Lipinski definition) is 10. The molecule has 0 unspecified atom stereocenters. The number of primary amides is 1. The van der Waals surface area contributed by atoms with E-state index in [1.807, 2.05) is 30.5 Å². The van der Waals surface area contributed by atoms with E-state index < -0.39 is 89.6 Å². The van der Waals surface area contributed by atoms with Crippen LogP contribution >= 0.6 is 11.8 Å². The van der Waals surface area contributed by atoms with Crippen LogP contribution in [0.3, 0.4) is 0 Å². The number of nitrogens with one attached hydrogen (secondary N) is 8. The molecule has 0 saturated heterocycles. The van der Waals surface area contributed by atoms with Crippen molar-refractivity contribution in [2.45, 2.75) is 89.3 Å². The molecule has 7 atom stereocenters. The number of thioether (sulfide) groups is 1. The van der Waals surface area contributed by atoms with E-state index in [9.17, 15) is 38.4 Å². The van der Waals surface area contributed by atoms with E-state index in [1.54, 1.807) is 36.5 Å². The lowest BCUT2D eigenvalue weighted by atomic mass is 10.0. The van der Waals surface area contributed by atoms with E-state index in [-0.39, 0.29) is 19.4 Å². The van der Waals surface area contributed by atoms with Crippen molar-refractivity contribution in [2.24, 2.45) is 11.5 Å². The van der Waals surface area contributed by atoms with Crippen LogP contribution in [-0.4, -0.2) is 113 Å². The molecule has 18 nitrogen and oxygen atoms in total. The van der Waals surface area contributed by atoms with Gasteiger partial charge in [0.05, 0.1) is 6.54 Å². The number of rotatable bonds is 22. The summed E-state index contributed by atoms with van der Waals surface area (Å²) in [5, 5.41) is 18.8. The van der Waals surface area contributed by atoms with Gasteiger partial charge in [-0.2, -0.15) is 11.8 Å². The first-order chi connectivity index (χ1) is 27.5. The summed E-state index contributed by atoms with van der Waals surface area (Å²) >= 11 is 1.47. The highest BCUT2D eigenvalue weighted by atomic mass is 32.2. The van der Waals surface area contributed by atoms with Gasteiger partial charge in [-0.1, -0.05) is 48.5 Å². The number of aromatic nitrogens is 1. The van der Waals surface area contributed by atoms with Crippen LogP contribution in [0.25, 0.3) is 10.9 Å². The van der Waals surface area contributed by atoms with Crippen molar-refractivity contribution in [3.05, 3.63) is 71.9 Å². The van der Waals surface area contributed by atoms with Crippen molar-refractivity contribution in [2.75, 3.05) is 18.6 Å². The standard InChI is InChI=1S/C39H54N10O8S/c1-21(33(41)51)43-38(56)30(17-25-11-7-6-8-12-25)49-39(57)31(18-26-20-42-28-14-10-9-13-27(26)28)48-36(54)24(4)45-34(52)22(2)44-35(53)23(3)46-37(55)29(15-16-58-5)47-32(50)19-40/h6-14,20-24,29-31,42H,15-19,40H2,1-5H3,(H2,41,51)(H,43,56)(H,44,53)(H,45,52)(H,46,55)(H,47,50)(H,48,54)(H,49,57)/t21-,22+,23-,24-,29-,30+,31-/m0/s1. The summed E-state index contributed by atoms with van der Waals surface area (Å²) in [5.41, 5.74) is 12.9. The Bertz CT molecular complexity index is 1930. The van der Waals surface area contributed by atoms with E-state index in [0.29, 0.717) is 23.3 Å². The fourth-order valence-corrected chi connectivity index (χ4v) is 6.16. The smallest absolute Gasteiger partial charge is 0.243 e. The topological polar surface area (TPSA) is 289 Å². The third-order valence-electron chi connectivity index (χ3n) is 9.14. The van der Waals surface area contributed by atoms with Crippen molar-refractivity contribution in [1.82, 2.24) is 42.2 Å². The van der Waals surface area contributed by atoms with Crippen LogP contribution in [0.2, 0.25) is 0 Å². The molecule has 0 bridgehead atoms. The largest absolute Gasteiger partial charge is 0.368 e. The number of para-hydroxylation sites is 1. The van der Waals surface area contributed by atoms with Crippen molar-refractivity contribution < 1.29 is 38.4 Å². The van der Waals surface area contributed by atoms with Crippen molar-refractivity contribution >= 4 is 69.9 Å². The van der Waals surface area contributed by atoms with Crippen molar-refractivity contribution in [3.63, 3.8) is 0 Å². The predicted molar refractivity (Wildman–Crippen MR) is 220 cm³/mol. The van der Waals surface area contributed by atoms with Crippen LogP contribution in [0, 0.1) is 0 Å². The van der Waals surface area contributed by atoms with Crippen LogP contribution in [0.1, 0.15) is 45.2 Å². The van der Waals surface area contributed by atoms with Gasteiger partial charge in [-0.15, -0.1) is 0 Å². The second-order valence-electron chi connectivity index (χ2n) is 13.8. The van der Waals surface area contributed by atoms with Crippen LogP contribution < -0.4 is 48.7 Å². The fraction of sp³-hybridized carbons (Fsp3) is 0.436. The Labute approximate surface area is 340 Å². The van der Waals surface area contributed by atoms with Crippen LogP contribution in [-0.2, 0) is 51.2 Å². The molecule has 1 heterocycles. The number of aromatic amines is 1. The molecular formula is C39H54N10O8S. The van der Waals surface area contributed by atoms with Gasteiger partial charge in [0.25, 0.3) is 0 Å². The van der Waals surface area contributed by atoms with Gasteiger partial charge >= 0.3 is 0 Å². The number of benzene rings is 2. The Morgan fingerprint density at radius 2 is 1.09 bits per heavy atom. The van der Waals surface area contributed by atoms with E-state index in [0.717, 1.165) is 10.9 Å². The van der Waals surface area contributed by atoms with E-state index in [2.05, 4.69) is 42.2 Å². The lowest BCUT2D eigenvalue weighted by Gasteiger charge is -2.26. The average molecular weight is 823 g/mol. The lowest BCUT2D eigenvalue weighted by Crippen LogP contribution is -2.59. The number of hydrogen-bond acceptors (Lipinski definition) is 10. The molecule has 2 aromatic carbocycles. The average Bonchev–Trinajstić information content (AvgIpc) is 3.61. The highest BCUT2D eigenvalue weighted by Crippen LogP contribution is 2.19. The molecule has 0 spiro atoms. The molecule has 0 aliphatic rings. The summed E-state index contributed by atoms with van der Waals surface area (Å²) < 4.78 is 0. The maximum atomic E-state index is 14.0. The molecule has 19 heteroatoms. The number of carbonyl (C=O) groups excluding carboxylic acids is 8. The Kier molecular flexibility index (Phi) is 18.2. The molecule has 0 saturated carbocycles. The first-order valence-electron chi connectivity index (χ1n) is 18.7. The molecule has 314 valence electrons. The molecule has 58 heavy (non-hydrogen) atoms. The van der Waals surface area contributed by atoms with Gasteiger partial charge < -0.3 is 53.7 Å². The molecule has 0 radical (unpaired) electrons. The van der Waals surface area contributed by atoms with Crippen LogP contribution in [0.15, 0.2) is 60.8 Å². The van der Waals surface area contributed by atoms with Crippen LogP contribution in [0.4, 0.5) is 0 Å². The van der Waals surface area contributed by atoms with Crippen LogP contribution in [0.5, 0.6) is 0 Å². The summed E-state index contributed by atoms with van der Waals surface area (Å²) in [6.45, 7) is 5.30. The van der Waals surface area contributed by atoms with Gasteiger partial charge in [-0.25, -0.2) is 0 Å². The number of carbonyl (C=O) groups is 8. The highest BCUT2D eigenvalue weighted by Gasteiger charge is 2.31.